The topological polar surface area (TPSA) is 72.5 Å². The second kappa shape index (κ2) is 14.1. The quantitative estimate of drug-likeness (QED) is 0.236. The van der Waals surface area contributed by atoms with Crippen LogP contribution in [0.15, 0.2) is 0 Å². The van der Waals surface area contributed by atoms with E-state index in [1.807, 2.05) is 13.1 Å². The first-order valence-electron chi connectivity index (χ1n) is 11.3. The van der Waals surface area contributed by atoms with Crippen molar-refractivity contribution < 1.29 is 32.6 Å². The first kappa shape index (κ1) is 30.7. The summed E-state index contributed by atoms with van der Waals surface area (Å²) < 4.78 is 33.5. The zero-order valence-corrected chi connectivity index (χ0v) is 23.7. The number of carbonyl (C=O) groups is 1. The Morgan fingerprint density at radius 1 is 0.581 bits per heavy atom. The van der Waals surface area contributed by atoms with Crippen LogP contribution >= 0.6 is 0 Å². The van der Waals surface area contributed by atoms with Crippen LogP contribution in [0.1, 0.15) is 41.5 Å². The van der Waals surface area contributed by atoms with Gasteiger partial charge < -0.3 is 27.8 Å². The van der Waals surface area contributed by atoms with Crippen LogP contribution in [0.4, 0.5) is 0 Å². The third-order valence-electron chi connectivity index (χ3n) is 6.01. The van der Waals surface area contributed by atoms with Crippen LogP contribution in [0.5, 0.6) is 0 Å². The SMILES string of the molecule is CC(C)(C)[Si](C)(C)OCCOCCOCCOCCOCC(=O)O[Si](C)(C)C(C)(C)C. The molecule has 0 spiro atoms. The highest BCUT2D eigenvalue weighted by atomic mass is 28.4. The summed E-state index contributed by atoms with van der Waals surface area (Å²) in [5.74, 6) is -0.301. The van der Waals surface area contributed by atoms with Gasteiger partial charge in [-0.05, 0) is 36.3 Å². The fourth-order valence-electron chi connectivity index (χ4n) is 1.85. The Bertz CT molecular complexity index is 497. The Labute approximate surface area is 192 Å². The fourth-order valence-corrected chi connectivity index (χ4v) is 3.82. The minimum atomic E-state index is -2.08. The van der Waals surface area contributed by atoms with E-state index in [-0.39, 0.29) is 22.7 Å². The highest BCUT2D eigenvalue weighted by Gasteiger charge is 2.40. The molecule has 0 amide bonds. The van der Waals surface area contributed by atoms with Gasteiger partial charge in [-0.2, -0.15) is 0 Å². The van der Waals surface area contributed by atoms with Crippen molar-refractivity contribution in [1.29, 1.82) is 0 Å². The molecule has 0 rings (SSSR count). The Balaban J connectivity index is 3.51. The van der Waals surface area contributed by atoms with Gasteiger partial charge in [0.15, 0.2) is 8.32 Å². The molecule has 7 nitrogen and oxygen atoms in total. The summed E-state index contributed by atoms with van der Waals surface area (Å²) in [6.07, 6.45) is 0. The maximum Gasteiger partial charge on any atom is 0.318 e. The van der Waals surface area contributed by atoms with Crippen LogP contribution in [-0.4, -0.2) is 82.1 Å². The lowest BCUT2D eigenvalue weighted by Crippen LogP contribution is -2.43. The van der Waals surface area contributed by atoms with Gasteiger partial charge in [-0.25, -0.2) is 0 Å². The molecule has 9 heteroatoms. The van der Waals surface area contributed by atoms with Gasteiger partial charge in [-0.1, -0.05) is 41.5 Å². The van der Waals surface area contributed by atoms with Gasteiger partial charge in [-0.3, -0.25) is 4.79 Å². The van der Waals surface area contributed by atoms with E-state index in [0.29, 0.717) is 52.9 Å². The molecule has 0 atom stereocenters. The van der Waals surface area contributed by atoms with Gasteiger partial charge in [-0.15, -0.1) is 0 Å². The summed E-state index contributed by atoms with van der Waals surface area (Å²) >= 11 is 0. The number of rotatable bonds is 16. The predicted octanol–water partition coefficient (Wildman–Crippen LogP) is 4.62. The molecule has 0 aliphatic heterocycles. The summed E-state index contributed by atoms with van der Waals surface area (Å²) in [7, 11) is -3.77. The standard InChI is InChI=1S/C22H48O7Si2/c1-21(2,3)30(7,8)28-18-17-26-14-13-24-11-12-25-15-16-27-19-20(23)29-31(9,10)22(4,5)6/h11-19H2,1-10H3. The van der Waals surface area contributed by atoms with Crippen molar-refractivity contribution in [1.82, 2.24) is 0 Å². The molecule has 0 aliphatic rings. The molecule has 0 radical (unpaired) electrons. The smallest absolute Gasteiger partial charge is 0.318 e. The van der Waals surface area contributed by atoms with E-state index in [4.69, 9.17) is 27.8 Å². The van der Waals surface area contributed by atoms with Gasteiger partial charge in [0.25, 0.3) is 8.32 Å². The van der Waals surface area contributed by atoms with E-state index in [0.717, 1.165) is 0 Å². The van der Waals surface area contributed by atoms with Crippen molar-refractivity contribution >= 4 is 22.6 Å². The maximum absolute atomic E-state index is 11.9. The van der Waals surface area contributed by atoms with Crippen molar-refractivity contribution in [2.24, 2.45) is 0 Å². The molecule has 186 valence electrons. The minimum Gasteiger partial charge on any atom is -0.517 e. The van der Waals surface area contributed by atoms with Crippen LogP contribution in [0.25, 0.3) is 0 Å². The Morgan fingerprint density at radius 2 is 0.935 bits per heavy atom. The van der Waals surface area contributed by atoms with E-state index in [1.54, 1.807) is 0 Å². The molecule has 0 aliphatic carbocycles. The molecular weight excluding hydrogens is 432 g/mol. The van der Waals surface area contributed by atoms with Crippen molar-refractivity contribution in [3.8, 4) is 0 Å². The summed E-state index contributed by atoms with van der Waals surface area (Å²) in [5, 5.41) is 0.213. The highest BCUT2D eigenvalue weighted by molar-refractivity contribution is 6.75. The first-order valence-corrected chi connectivity index (χ1v) is 17.1. The van der Waals surface area contributed by atoms with Gasteiger partial charge in [0, 0.05) is 0 Å². The predicted molar refractivity (Wildman–Crippen MR) is 130 cm³/mol. The van der Waals surface area contributed by atoms with E-state index >= 15 is 0 Å². The molecule has 0 fully saturated rings. The lowest BCUT2D eigenvalue weighted by atomic mass is 10.2. The maximum atomic E-state index is 11.9. The molecule has 0 aromatic rings. The van der Waals surface area contributed by atoms with Crippen LogP contribution in [0, 0.1) is 0 Å². The van der Waals surface area contributed by atoms with Gasteiger partial charge in [0.1, 0.15) is 6.61 Å². The van der Waals surface area contributed by atoms with Crippen LogP contribution < -0.4 is 0 Å². The average molecular weight is 481 g/mol. The minimum absolute atomic E-state index is 0.00465. The number of carbonyl (C=O) groups excluding carboxylic acids is 1. The zero-order valence-electron chi connectivity index (χ0n) is 21.7. The van der Waals surface area contributed by atoms with Crippen molar-refractivity contribution in [2.75, 3.05) is 59.5 Å². The molecule has 0 unspecified atom stereocenters. The summed E-state index contributed by atoms with van der Waals surface area (Å²) in [5.41, 5.74) is 0. The van der Waals surface area contributed by atoms with Crippen molar-refractivity contribution in [2.45, 2.75) is 77.8 Å². The molecule has 0 saturated heterocycles. The largest absolute Gasteiger partial charge is 0.517 e. The molecular formula is C22H48O7Si2. The van der Waals surface area contributed by atoms with E-state index in [2.05, 4.69) is 54.6 Å². The van der Waals surface area contributed by atoms with Gasteiger partial charge >= 0.3 is 5.97 Å². The molecule has 0 aromatic carbocycles. The second-order valence-electron chi connectivity index (χ2n) is 10.7. The summed E-state index contributed by atoms with van der Waals surface area (Å²) in [6.45, 7) is 25.5. The summed E-state index contributed by atoms with van der Waals surface area (Å²) in [4.78, 5) is 11.9. The van der Waals surface area contributed by atoms with Crippen LogP contribution in [0.3, 0.4) is 0 Å². The Kier molecular flexibility index (Phi) is 13.9. The summed E-state index contributed by atoms with van der Waals surface area (Å²) in [6, 6.07) is 0. The molecule has 0 bridgehead atoms. The van der Waals surface area contributed by atoms with Crippen molar-refractivity contribution in [3.05, 3.63) is 0 Å². The Hall–Kier alpha value is -0.296. The van der Waals surface area contributed by atoms with Crippen LogP contribution in [0.2, 0.25) is 36.3 Å². The van der Waals surface area contributed by atoms with Gasteiger partial charge in [0.2, 0.25) is 0 Å². The van der Waals surface area contributed by atoms with E-state index < -0.39 is 16.6 Å². The van der Waals surface area contributed by atoms with Crippen molar-refractivity contribution in [3.63, 3.8) is 0 Å². The zero-order chi connectivity index (χ0) is 24.2. The number of ether oxygens (including phenoxy) is 4. The Morgan fingerprint density at radius 3 is 1.32 bits per heavy atom. The normalized spacial score (nSPS) is 13.5. The lowest BCUT2D eigenvalue weighted by Gasteiger charge is -2.36. The molecule has 0 saturated carbocycles. The van der Waals surface area contributed by atoms with E-state index in [1.165, 1.54) is 0 Å². The molecule has 0 heterocycles. The third-order valence-corrected chi connectivity index (χ3v) is 14.9. The monoisotopic (exact) mass is 480 g/mol. The van der Waals surface area contributed by atoms with Crippen LogP contribution in [-0.2, 0) is 32.6 Å². The highest BCUT2D eigenvalue weighted by Crippen LogP contribution is 2.37. The lowest BCUT2D eigenvalue weighted by molar-refractivity contribution is -0.141. The second-order valence-corrected chi connectivity index (χ2v) is 20.3. The molecule has 0 aromatic heterocycles. The molecule has 31 heavy (non-hydrogen) atoms. The average Bonchev–Trinajstić information content (AvgIpc) is 2.59. The molecule has 0 N–H and O–H groups in total. The third kappa shape index (κ3) is 13.8. The fraction of sp³-hybridized carbons (Fsp3) is 0.955. The van der Waals surface area contributed by atoms with Gasteiger partial charge in [0.05, 0.1) is 52.9 Å². The number of hydrogen-bond donors (Lipinski definition) is 0. The van der Waals surface area contributed by atoms with E-state index in [9.17, 15) is 4.79 Å². The first-order chi connectivity index (χ1) is 14.1. The number of hydrogen-bond acceptors (Lipinski definition) is 7.